The van der Waals surface area contributed by atoms with Crippen molar-refractivity contribution in [3.05, 3.63) is 29.3 Å². The van der Waals surface area contributed by atoms with Gasteiger partial charge in [0.1, 0.15) is 0 Å². The third kappa shape index (κ3) is 3.52. The van der Waals surface area contributed by atoms with E-state index in [1.165, 1.54) is 11.1 Å². The third-order valence-corrected chi connectivity index (χ3v) is 5.71. The largest absolute Gasteiger partial charge is 0.370 e. The molecule has 0 saturated carbocycles. The summed E-state index contributed by atoms with van der Waals surface area (Å²) in [6.07, 6.45) is 1.59. The van der Waals surface area contributed by atoms with Crippen molar-refractivity contribution in [3.8, 4) is 0 Å². The molecule has 5 heteroatoms. The van der Waals surface area contributed by atoms with Gasteiger partial charge in [-0.05, 0) is 43.9 Å². The summed E-state index contributed by atoms with van der Waals surface area (Å²) >= 11 is 0. The Morgan fingerprint density at radius 3 is 2.65 bits per heavy atom. The van der Waals surface area contributed by atoms with Crippen molar-refractivity contribution in [2.24, 2.45) is 5.73 Å². The van der Waals surface area contributed by atoms with Gasteiger partial charge in [0.25, 0.3) is 0 Å². The maximum atomic E-state index is 11.6. The lowest BCUT2D eigenvalue weighted by Crippen LogP contribution is -2.33. The van der Waals surface area contributed by atoms with Crippen LogP contribution in [0.1, 0.15) is 24.5 Å². The second kappa shape index (κ2) is 5.74. The number of nitrogens with zero attached hydrogens (tertiary/aromatic N) is 1. The Morgan fingerprint density at radius 2 is 2.15 bits per heavy atom. The minimum absolute atomic E-state index is 0.0954. The van der Waals surface area contributed by atoms with Gasteiger partial charge in [0.15, 0.2) is 9.84 Å². The van der Waals surface area contributed by atoms with Crippen molar-refractivity contribution >= 4 is 15.5 Å². The molecule has 4 nitrogen and oxygen atoms in total. The van der Waals surface area contributed by atoms with Crippen LogP contribution >= 0.6 is 0 Å². The molecule has 0 spiro atoms. The Morgan fingerprint density at radius 1 is 1.45 bits per heavy atom. The van der Waals surface area contributed by atoms with Gasteiger partial charge in [0, 0.05) is 24.8 Å². The van der Waals surface area contributed by atoms with Gasteiger partial charge in [-0.3, -0.25) is 0 Å². The van der Waals surface area contributed by atoms with E-state index in [1.807, 2.05) is 14.0 Å². The molecule has 0 aliphatic carbocycles. The predicted molar refractivity (Wildman–Crippen MR) is 84.0 cm³/mol. The van der Waals surface area contributed by atoms with Crippen molar-refractivity contribution in [3.63, 3.8) is 0 Å². The Hall–Kier alpha value is -1.07. The maximum Gasteiger partial charge on any atom is 0.152 e. The molecule has 1 fully saturated rings. The molecule has 20 heavy (non-hydrogen) atoms. The van der Waals surface area contributed by atoms with E-state index in [2.05, 4.69) is 30.0 Å². The molecule has 1 heterocycles. The SMILES string of the molecule is Cc1cc(CC(C)N)ccc1N(C)C1CCS(=O)(=O)C1. The van der Waals surface area contributed by atoms with E-state index in [0.717, 1.165) is 18.5 Å². The smallest absolute Gasteiger partial charge is 0.152 e. The monoisotopic (exact) mass is 296 g/mol. The van der Waals surface area contributed by atoms with Crippen LogP contribution in [0, 0.1) is 6.92 Å². The van der Waals surface area contributed by atoms with Crippen LogP contribution in [0.5, 0.6) is 0 Å². The Balaban J connectivity index is 2.16. The molecular weight excluding hydrogens is 272 g/mol. The molecule has 2 N–H and O–H groups in total. The number of hydrogen-bond donors (Lipinski definition) is 1. The summed E-state index contributed by atoms with van der Waals surface area (Å²) in [5.74, 6) is 0.578. The van der Waals surface area contributed by atoms with Gasteiger partial charge in [-0.15, -0.1) is 0 Å². The van der Waals surface area contributed by atoms with Gasteiger partial charge in [0.05, 0.1) is 11.5 Å². The van der Waals surface area contributed by atoms with Crippen LogP contribution in [0.4, 0.5) is 5.69 Å². The quantitative estimate of drug-likeness (QED) is 0.915. The molecule has 1 saturated heterocycles. The van der Waals surface area contributed by atoms with Crippen molar-refractivity contribution in [2.45, 2.75) is 38.8 Å². The number of hydrogen-bond acceptors (Lipinski definition) is 4. The summed E-state index contributed by atoms with van der Waals surface area (Å²) in [7, 11) is -0.858. The summed E-state index contributed by atoms with van der Waals surface area (Å²) in [6, 6.07) is 6.57. The van der Waals surface area contributed by atoms with Crippen molar-refractivity contribution in [1.29, 1.82) is 0 Å². The van der Waals surface area contributed by atoms with E-state index < -0.39 is 9.84 Å². The first-order valence-corrected chi connectivity index (χ1v) is 8.89. The van der Waals surface area contributed by atoms with E-state index >= 15 is 0 Å². The van der Waals surface area contributed by atoms with Crippen molar-refractivity contribution in [1.82, 2.24) is 0 Å². The molecule has 1 aliphatic rings. The highest BCUT2D eigenvalue weighted by Crippen LogP contribution is 2.26. The van der Waals surface area contributed by atoms with E-state index in [1.54, 1.807) is 0 Å². The van der Waals surface area contributed by atoms with Crippen LogP contribution < -0.4 is 10.6 Å². The Labute approximate surface area is 121 Å². The van der Waals surface area contributed by atoms with Crippen molar-refractivity contribution in [2.75, 3.05) is 23.5 Å². The molecule has 112 valence electrons. The van der Waals surface area contributed by atoms with Gasteiger partial charge >= 0.3 is 0 Å². The molecule has 2 unspecified atom stereocenters. The molecule has 0 aromatic heterocycles. The highest BCUT2D eigenvalue weighted by atomic mass is 32.2. The first-order chi connectivity index (χ1) is 9.28. The van der Waals surface area contributed by atoms with Crippen LogP contribution in [0.2, 0.25) is 0 Å². The van der Waals surface area contributed by atoms with E-state index in [9.17, 15) is 8.42 Å². The maximum absolute atomic E-state index is 11.6. The molecule has 0 bridgehead atoms. The van der Waals surface area contributed by atoms with Gasteiger partial charge in [-0.25, -0.2) is 8.42 Å². The Kier molecular flexibility index (Phi) is 4.39. The van der Waals surface area contributed by atoms with E-state index in [4.69, 9.17) is 5.73 Å². The minimum atomic E-state index is -2.84. The number of aryl methyl sites for hydroxylation is 1. The molecule has 2 rings (SSSR count). The highest BCUT2D eigenvalue weighted by Gasteiger charge is 2.31. The molecular formula is C15H24N2O2S. The summed E-state index contributed by atoms with van der Waals surface area (Å²) in [5, 5.41) is 0. The molecule has 0 radical (unpaired) electrons. The fourth-order valence-electron chi connectivity index (χ4n) is 2.89. The number of rotatable bonds is 4. The van der Waals surface area contributed by atoms with Crippen LogP contribution in [0.15, 0.2) is 18.2 Å². The van der Waals surface area contributed by atoms with Gasteiger partial charge < -0.3 is 10.6 Å². The van der Waals surface area contributed by atoms with Crippen LogP contribution in [0.25, 0.3) is 0 Å². The topological polar surface area (TPSA) is 63.4 Å². The lowest BCUT2D eigenvalue weighted by Gasteiger charge is -2.27. The summed E-state index contributed by atoms with van der Waals surface area (Å²) < 4.78 is 23.2. The number of sulfone groups is 1. The lowest BCUT2D eigenvalue weighted by molar-refractivity contribution is 0.601. The highest BCUT2D eigenvalue weighted by molar-refractivity contribution is 7.91. The number of benzene rings is 1. The first kappa shape index (κ1) is 15.3. The van der Waals surface area contributed by atoms with Crippen molar-refractivity contribution < 1.29 is 8.42 Å². The van der Waals surface area contributed by atoms with Gasteiger partial charge in [0.2, 0.25) is 0 Å². The molecule has 2 atom stereocenters. The zero-order chi connectivity index (χ0) is 14.9. The average Bonchev–Trinajstić information content (AvgIpc) is 2.68. The average molecular weight is 296 g/mol. The standard InChI is InChI=1S/C15H24N2O2S/c1-11-8-13(9-12(2)16)4-5-15(11)17(3)14-6-7-20(18,19)10-14/h4-5,8,12,14H,6-7,9-10,16H2,1-3H3. The summed E-state index contributed by atoms with van der Waals surface area (Å²) in [5.41, 5.74) is 9.34. The summed E-state index contributed by atoms with van der Waals surface area (Å²) in [6.45, 7) is 4.07. The molecule has 1 aromatic rings. The van der Waals surface area contributed by atoms with Crippen LogP contribution in [0.3, 0.4) is 0 Å². The molecule has 1 aromatic carbocycles. The predicted octanol–water partition coefficient (Wildman–Crippen LogP) is 1.51. The Bertz CT molecular complexity index is 582. The van der Waals surface area contributed by atoms with Crippen LogP contribution in [-0.4, -0.2) is 39.1 Å². The second-order valence-corrected chi connectivity index (χ2v) is 8.20. The summed E-state index contributed by atoms with van der Waals surface area (Å²) in [4.78, 5) is 2.11. The number of nitrogens with two attached hydrogens (primary N) is 1. The fourth-order valence-corrected chi connectivity index (χ4v) is 4.66. The fraction of sp³-hybridized carbons (Fsp3) is 0.600. The second-order valence-electron chi connectivity index (χ2n) is 5.97. The lowest BCUT2D eigenvalue weighted by atomic mass is 10.0. The normalized spacial score (nSPS) is 22.7. The molecule has 0 amide bonds. The zero-order valence-electron chi connectivity index (χ0n) is 12.5. The third-order valence-electron chi connectivity index (χ3n) is 3.95. The van der Waals surface area contributed by atoms with Gasteiger partial charge in [-0.2, -0.15) is 0 Å². The van der Waals surface area contributed by atoms with Gasteiger partial charge in [-0.1, -0.05) is 12.1 Å². The molecule has 1 aliphatic heterocycles. The minimum Gasteiger partial charge on any atom is -0.370 e. The first-order valence-electron chi connectivity index (χ1n) is 7.07. The van der Waals surface area contributed by atoms with E-state index in [-0.39, 0.29) is 17.8 Å². The number of anilines is 1. The zero-order valence-corrected chi connectivity index (χ0v) is 13.3. The van der Waals surface area contributed by atoms with E-state index in [0.29, 0.717) is 5.75 Å². The van der Waals surface area contributed by atoms with Crippen LogP contribution in [-0.2, 0) is 16.3 Å².